The normalized spacial score (nSPS) is 11.0. The number of benzene rings is 2. The van der Waals surface area contributed by atoms with Crippen LogP contribution in [0.3, 0.4) is 0 Å². The highest BCUT2D eigenvalue weighted by molar-refractivity contribution is 7.17. The third-order valence-corrected chi connectivity index (χ3v) is 6.18. The summed E-state index contributed by atoms with van der Waals surface area (Å²) in [5.74, 6) is -0.295. The second-order valence-corrected chi connectivity index (χ2v) is 8.01. The van der Waals surface area contributed by atoms with Crippen LogP contribution >= 0.6 is 22.9 Å². The Bertz CT molecular complexity index is 1330. The number of aromatic nitrogens is 3. The highest BCUT2D eigenvalue weighted by Crippen LogP contribution is 2.33. The summed E-state index contributed by atoms with van der Waals surface area (Å²) >= 11 is 7.52. The number of hydrogen-bond donors (Lipinski definition) is 2. The fourth-order valence-electron chi connectivity index (χ4n) is 3.28. The van der Waals surface area contributed by atoms with Gasteiger partial charge >= 0.3 is 0 Å². The van der Waals surface area contributed by atoms with Gasteiger partial charge in [-0.3, -0.25) is 9.78 Å². The molecule has 3 aromatic heterocycles. The Morgan fingerprint density at radius 2 is 1.87 bits per heavy atom. The van der Waals surface area contributed by atoms with Crippen LogP contribution in [-0.4, -0.2) is 20.9 Å². The van der Waals surface area contributed by atoms with E-state index in [1.54, 1.807) is 12.4 Å². The maximum Gasteiger partial charge on any atom is 0.269 e. The lowest BCUT2D eigenvalue weighted by molar-refractivity contribution is 0.103. The van der Waals surface area contributed by atoms with Gasteiger partial charge in [-0.25, -0.2) is 4.98 Å². The van der Waals surface area contributed by atoms with Gasteiger partial charge in [0.25, 0.3) is 5.91 Å². The van der Waals surface area contributed by atoms with Crippen LogP contribution in [0, 0.1) is 0 Å². The van der Waals surface area contributed by atoms with Crippen molar-refractivity contribution in [3.63, 3.8) is 0 Å². The Kier molecular flexibility index (Phi) is 4.78. The van der Waals surface area contributed by atoms with Crippen molar-refractivity contribution in [1.29, 1.82) is 0 Å². The number of carbonyl (C=O) groups excluding carboxylic acids is 1. The summed E-state index contributed by atoms with van der Waals surface area (Å²) in [6.07, 6.45) is 3.38. The van der Waals surface area contributed by atoms with Crippen molar-refractivity contribution >= 4 is 45.4 Å². The molecule has 5 nitrogen and oxygen atoms in total. The second kappa shape index (κ2) is 7.74. The molecule has 0 saturated heterocycles. The van der Waals surface area contributed by atoms with Gasteiger partial charge in [0.2, 0.25) is 0 Å². The van der Waals surface area contributed by atoms with Gasteiger partial charge in [-0.05, 0) is 30.3 Å². The lowest BCUT2D eigenvalue weighted by Crippen LogP contribution is -2.11. The van der Waals surface area contributed by atoms with Gasteiger partial charge in [-0.15, -0.1) is 11.3 Å². The van der Waals surface area contributed by atoms with E-state index in [0.717, 1.165) is 27.7 Å². The number of pyridine rings is 1. The summed E-state index contributed by atoms with van der Waals surface area (Å²) < 4.78 is 0. The first-order valence-corrected chi connectivity index (χ1v) is 10.4. The molecule has 2 aromatic carbocycles. The Hall–Kier alpha value is -3.48. The minimum absolute atomic E-state index is 0.180. The lowest BCUT2D eigenvalue weighted by atomic mass is 10.1. The van der Waals surface area contributed by atoms with Gasteiger partial charge < -0.3 is 10.3 Å². The number of hydrogen-bond acceptors (Lipinski definition) is 4. The van der Waals surface area contributed by atoms with Crippen molar-refractivity contribution in [3.8, 4) is 21.8 Å². The van der Waals surface area contributed by atoms with E-state index in [2.05, 4.69) is 26.3 Å². The first-order chi connectivity index (χ1) is 14.7. The van der Waals surface area contributed by atoms with E-state index in [9.17, 15) is 4.79 Å². The Morgan fingerprint density at radius 1 is 1.03 bits per heavy atom. The highest BCUT2D eigenvalue weighted by Gasteiger charge is 2.19. The van der Waals surface area contributed by atoms with E-state index in [1.165, 1.54) is 11.3 Å². The number of carbonyl (C=O) groups is 1. The molecule has 0 saturated carbocycles. The summed E-state index contributed by atoms with van der Waals surface area (Å²) in [7, 11) is 0. The number of thiazole rings is 1. The summed E-state index contributed by atoms with van der Waals surface area (Å²) in [6, 6.07) is 21.5. The number of halogens is 1. The number of nitrogens with zero attached hydrogens (tertiary/aromatic N) is 2. The van der Waals surface area contributed by atoms with Gasteiger partial charge in [0.1, 0.15) is 9.88 Å². The smallest absolute Gasteiger partial charge is 0.269 e. The summed E-state index contributed by atoms with van der Waals surface area (Å²) in [6.45, 7) is 0. The number of aromatic amines is 1. The fourth-order valence-corrected chi connectivity index (χ4v) is 4.46. The molecule has 0 atom stereocenters. The van der Waals surface area contributed by atoms with E-state index in [0.29, 0.717) is 15.6 Å². The second-order valence-electron chi connectivity index (χ2n) is 6.65. The molecule has 30 heavy (non-hydrogen) atoms. The minimum Gasteiger partial charge on any atom is -0.354 e. The summed E-state index contributed by atoms with van der Waals surface area (Å²) in [5, 5.41) is 4.93. The number of H-pyrrole nitrogens is 1. The Balaban J connectivity index is 1.47. The SMILES string of the molecule is O=C(Nc1ccccc1-c1cc2ccccc2[nH]1)c1sc(-c2cccnc2)nc1Cl. The van der Waals surface area contributed by atoms with Crippen LogP contribution in [-0.2, 0) is 0 Å². The predicted octanol–water partition coefficient (Wildman–Crippen LogP) is 6.26. The molecule has 5 rings (SSSR count). The number of para-hydroxylation sites is 2. The molecule has 0 aliphatic rings. The van der Waals surface area contributed by atoms with Crippen LogP contribution in [0.2, 0.25) is 5.15 Å². The van der Waals surface area contributed by atoms with Gasteiger partial charge in [0.15, 0.2) is 5.15 Å². The molecule has 0 radical (unpaired) electrons. The average Bonchev–Trinajstić information content (AvgIpc) is 3.38. The number of fused-ring (bicyclic) bond motifs is 1. The molecular weight excluding hydrogens is 416 g/mol. The minimum atomic E-state index is -0.295. The Morgan fingerprint density at radius 3 is 2.70 bits per heavy atom. The zero-order valence-corrected chi connectivity index (χ0v) is 17.2. The topological polar surface area (TPSA) is 70.7 Å². The standard InChI is InChI=1S/C23H15ClN4OS/c24-21-20(30-23(28-21)15-7-5-11-25-13-15)22(29)27-18-10-4-2-8-16(18)19-12-14-6-1-3-9-17(14)26-19/h1-13,26H,(H,27,29). The predicted molar refractivity (Wildman–Crippen MR) is 122 cm³/mol. The van der Waals surface area contributed by atoms with Crippen LogP contribution in [0.1, 0.15) is 9.67 Å². The fraction of sp³-hybridized carbons (Fsp3) is 0. The summed E-state index contributed by atoms with van der Waals surface area (Å²) in [5.41, 5.74) is 4.39. The average molecular weight is 431 g/mol. The van der Waals surface area contributed by atoms with Gasteiger partial charge in [0.05, 0.1) is 5.69 Å². The molecule has 0 aliphatic heterocycles. The van der Waals surface area contributed by atoms with Crippen molar-refractivity contribution in [2.24, 2.45) is 0 Å². The number of anilines is 1. The van der Waals surface area contributed by atoms with E-state index in [1.807, 2.05) is 60.7 Å². The monoisotopic (exact) mass is 430 g/mol. The molecule has 1 amide bonds. The Labute approximate surface area is 181 Å². The van der Waals surface area contributed by atoms with Gasteiger partial charge in [-0.1, -0.05) is 48.0 Å². The van der Waals surface area contributed by atoms with Crippen molar-refractivity contribution in [2.75, 3.05) is 5.32 Å². The van der Waals surface area contributed by atoms with E-state index < -0.39 is 0 Å². The molecule has 5 aromatic rings. The van der Waals surface area contributed by atoms with Crippen molar-refractivity contribution in [3.05, 3.63) is 89.2 Å². The maximum absolute atomic E-state index is 13.0. The van der Waals surface area contributed by atoms with Gasteiger partial charge in [-0.2, -0.15) is 0 Å². The molecule has 0 unspecified atom stereocenters. The first-order valence-electron chi connectivity index (χ1n) is 9.24. The van der Waals surface area contributed by atoms with Crippen molar-refractivity contribution in [1.82, 2.24) is 15.0 Å². The van der Waals surface area contributed by atoms with Crippen molar-refractivity contribution in [2.45, 2.75) is 0 Å². The van der Waals surface area contributed by atoms with Crippen molar-refractivity contribution < 1.29 is 4.79 Å². The molecule has 0 bridgehead atoms. The molecule has 0 spiro atoms. The highest BCUT2D eigenvalue weighted by atomic mass is 35.5. The zero-order chi connectivity index (χ0) is 20.5. The van der Waals surface area contributed by atoms with Crippen LogP contribution < -0.4 is 5.32 Å². The summed E-state index contributed by atoms with van der Waals surface area (Å²) in [4.78, 5) is 25.2. The number of amides is 1. The third-order valence-electron chi connectivity index (χ3n) is 4.70. The third kappa shape index (κ3) is 3.47. The molecule has 3 heterocycles. The molecule has 0 aliphatic carbocycles. The number of nitrogens with one attached hydrogen (secondary N) is 2. The van der Waals surface area contributed by atoms with E-state index >= 15 is 0 Å². The maximum atomic E-state index is 13.0. The first kappa shape index (κ1) is 18.5. The number of rotatable bonds is 4. The molecular formula is C23H15ClN4OS. The molecule has 0 fully saturated rings. The van der Waals surface area contributed by atoms with Crippen LogP contribution in [0.25, 0.3) is 32.7 Å². The van der Waals surface area contributed by atoms with Crippen LogP contribution in [0.5, 0.6) is 0 Å². The molecule has 146 valence electrons. The largest absolute Gasteiger partial charge is 0.354 e. The zero-order valence-electron chi connectivity index (χ0n) is 15.6. The quantitative estimate of drug-likeness (QED) is 0.353. The van der Waals surface area contributed by atoms with Crippen LogP contribution in [0.4, 0.5) is 5.69 Å². The lowest BCUT2D eigenvalue weighted by Gasteiger charge is -2.09. The molecule has 7 heteroatoms. The van der Waals surface area contributed by atoms with Crippen LogP contribution in [0.15, 0.2) is 79.1 Å². The van der Waals surface area contributed by atoms with E-state index in [4.69, 9.17) is 11.6 Å². The molecule has 2 N–H and O–H groups in total. The van der Waals surface area contributed by atoms with E-state index in [-0.39, 0.29) is 11.1 Å². The van der Waals surface area contributed by atoms with Gasteiger partial charge in [0, 0.05) is 40.1 Å².